The predicted molar refractivity (Wildman–Crippen MR) is 43.8 cm³/mol. The lowest BCUT2D eigenvalue weighted by molar-refractivity contribution is 0.394. The summed E-state index contributed by atoms with van der Waals surface area (Å²) >= 11 is 0. The molecule has 0 bridgehead atoms. The Bertz CT molecular complexity index is 420. The van der Waals surface area contributed by atoms with E-state index in [0.717, 1.165) is 12.3 Å². The summed E-state index contributed by atoms with van der Waals surface area (Å²) in [5.74, 6) is -0.907. The molecule has 72 valence electrons. The van der Waals surface area contributed by atoms with E-state index in [4.69, 9.17) is 10.7 Å². The normalized spacial score (nSPS) is 11.3. The van der Waals surface area contributed by atoms with Crippen LogP contribution < -0.4 is 4.74 Å². The van der Waals surface area contributed by atoms with Crippen LogP contribution in [0.3, 0.4) is 0 Å². The number of methoxy groups -OCH3 is 1. The van der Waals surface area contributed by atoms with Crippen LogP contribution in [0, 0.1) is 5.82 Å². The highest BCUT2D eigenvalue weighted by Crippen LogP contribution is 2.24. The van der Waals surface area contributed by atoms with E-state index >= 15 is 0 Å². The summed E-state index contributed by atoms with van der Waals surface area (Å²) < 4.78 is 38.8. The molecular formula is C6H5ClFNO3S. The van der Waals surface area contributed by atoms with Crippen LogP contribution in [-0.4, -0.2) is 20.5 Å². The van der Waals surface area contributed by atoms with Crippen molar-refractivity contribution in [3.05, 3.63) is 18.1 Å². The van der Waals surface area contributed by atoms with Gasteiger partial charge in [-0.25, -0.2) is 17.8 Å². The van der Waals surface area contributed by atoms with Crippen LogP contribution in [0.4, 0.5) is 4.39 Å². The van der Waals surface area contributed by atoms with E-state index in [1.54, 1.807) is 0 Å². The standard InChI is InChI=1S/C6H5ClFNO3S/c1-12-5-2-4(8)3-9-6(5)13(7,10)11/h2-3H,1H3. The van der Waals surface area contributed by atoms with E-state index in [1.165, 1.54) is 7.11 Å². The number of hydrogen-bond acceptors (Lipinski definition) is 4. The molecule has 13 heavy (non-hydrogen) atoms. The zero-order valence-corrected chi connectivity index (χ0v) is 8.06. The quantitative estimate of drug-likeness (QED) is 0.709. The molecule has 0 aromatic carbocycles. The van der Waals surface area contributed by atoms with Crippen molar-refractivity contribution in [3.63, 3.8) is 0 Å². The maximum absolute atomic E-state index is 12.5. The maximum atomic E-state index is 12.5. The largest absolute Gasteiger partial charge is 0.494 e. The van der Waals surface area contributed by atoms with Crippen LogP contribution in [0.2, 0.25) is 0 Å². The lowest BCUT2D eigenvalue weighted by Gasteiger charge is -2.03. The number of rotatable bonds is 2. The number of pyridine rings is 1. The number of halogens is 2. The minimum atomic E-state index is -3.99. The molecule has 1 aromatic rings. The van der Waals surface area contributed by atoms with Gasteiger partial charge in [0.1, 0.15) is 5.82 Å². The Labute approximate surface area is 78.7 Å². The first-order valence-corrected chi connectivity index (χ1v) is 5.40. The number of aromatic nitrogens is 1. The van der Waals surface area contributed by atoms with E-state index in [0.29, 0.717) is 0 Å². The van der Waals surface area contributed by atoms with Gasteiger partial charge in [0.2, 0.25) is 5.03 Å². The Kier molecular flexibility index (Phi) is 2.72. The van der Waals surface area contributed by atoms with Crippen molar-refractivity contribution < 1.29 is 17.5 Å². The molecule has 7 heteroatoms. The van der Waals surface area contributed by atoms with Gasteiger partial charge in [0.15, 0.2) is 5.75 Å². The highest BCUT2D eigenvalue weighted by atomic mass is 35.7. The van der Waals surface area contributed by atoms with Crippen LogP contribution in [0.1, 0.15) is 0 Å². The van der Waals surface area contributed by atoms with Crippen LogP contribution in [0.15, 0.2) is 17.3 Å². The molecule has 4 nitrogen and oxygen atoms in total. The predicted octanol–water partition coefficient (Wildman–Crippen LogP) is 1.16. The first-order chi connectivity index (χ1) is 5.95. The van der Waals surface area contributed by atoms with Gasteiger partial charge >= 0.3 is 0 Å². The maximum Gasteiger partial charge on any atom is 0.282 e. The zero-order chi connectivity index (χ0) is 10.1. The lowest BCUT2D eigenvalue weighted by Crippen LogP contribution is -2.00. The minimum Gasteiger partial charge on any atom is -0.494 e. The van der Waals surface area contributed by atoms with Gasteiger partial charge in [0.25, 0.3) is 9.05 Å². The molecule has 0 fully saturated rings. The monoisotopic (exact) mass is 225 g/mol. The third kappa shape index (κ3) is 2.28. The Balaban J connectivity index is 3.39. The molecule has 0 amide bonds. The number of hydrogen-bond donors (Lipinski definition) is 0. The van der Waals surface area contributed by atoms with E-state index in [1.807, 2.05) is 0 Å². The smallest absolute Gasteiger partial charge is 0.282 e. The van der Waals surface area contributed by atoms with Gasteiger partial charge in [0, 0.05) is 16.7 Å². The number of ether oxygens (including phenoxy) is 1. The molecule has 1 heterocycles. The number of nitrogens with zero attached hydrogens (tertiary/aromatic N) is 1. The fourth-order valence-corrected chi connectivity index (χ4v) is 1.65. The van der Waals surface area contributed by atoms with Crippen LogP contribution in [-0.2, 0) is 9.05 Å². The molecule has 0 radical (unpaired) electrons. The topological polar surface area (TPSA) is 56.3 Å². The van der Waals surface area contributed by atoms with Gasteiger partial charge in [-0.2, -0.15) is 0 Å². The third-order valence-corrected chi connectivity index (χ3v) is 2.44. The van der Waals surface area contributed by atoms with Crippen LogP contribution in [0.5, 0.6) is 5.75 Å². The van der Waals surface area contributed by atoms with Crippen LogP contribution >= 0.6 is 10.7 Å². The van der Waals surface area contributed by atoms with Crippen molar-refractivity contribution in [1.29, 1.82) is 0 Å². The second-order valence-corrected chi connectivity index (χ2v) is 4.58. The average molecular weight is 226 g/mol. The second kappa shape index (κ2) is 3.47. The molecule has 0 aliphatic heterocycles. The summed E-state index contributed by atoms with van der Waals surface area (Å²) in [7, 11) is 2.21. The Morgan fingerprint density at radius 1 is 1.62 bits per heavy atom. The molecule has 0 saturated heterocycles. The zero-order valence-electron chi connectivity index (χ0n) is 6.49. The summed E-state index contributed by atoms with van der Waals surface area (Å²) in [4.78, 5) is 3.30. The summed E-state index contributed by atoms with van der Waals surface area (Å²) in [5, 5.41) is -0.488. The molecule has 1 aromatic heterocycles. The third-order valence-electron chi connectivity index (χ3n) is 1.24. The molecule has 0 atom stereocenters. The lowest BCUT2D eigenvalue weighted by atomic mass is 10.4. The first-order valence-electron chi connectivity index (χ1n) is 3.09. The van der Waals surface area contributed by atoms with Gasteiger partial charge in [-0.05, 0) is 0 Å². The molecule has 0 N–H and O–H groups in total. The van der Waals surface area contributed by atoms with Gasteiger partial charge in [-0.3, -0.25) is 0 Å². The van der Waals surface area contributed by atoms with E-state index in [2.05, 4.69) is 9.72 Å². The van der Waals surface area contributed by atoms with Crippen molar-refractivity contribution in [2.75, 3.05) is 7.11 Å². The summed E-state index contributed by atoms with van der Waals surface area (Å²) in [6.07, 6.45) is 0.748. The van der Waals surface area contributed by atoms with Gasteiger partial charge in [-0.1, -0.05) is 0 Å². The molecule has 0 spiro atoms. The molecule has 1 rings (SSSR count). The molecule has 0 saturated carbocycles. The van der Waals surface area contributed by atoms with Crippen LogP contribution in [0.25, 0.3) is 0 Å². The molecule has 0 unspecified atom stereocenters. The SMILES string of the molecule is COc1cc(F)cnc1S(=O)(=O)Cl. The van der Waals surface area contributed by atoms with Gasteiger partial charge in [-0.15, -0.1) is 0 Å². The van der Waals surface area contributed by atoms with Crippen molar-refractivity contribution in [1.82, 2.24) is 4.98 Å². The summed E-state index contributed by atoms with van der Waals surface area (Å²) in [6, 6.07) is 0.891. The molecular weight excluding hydrogens is 221 g/mol. The highest BCUT2D eigenvalue weighted by Gasteiger charge is 2.18. The van der Waals surface area contributed by atoms with E-state index in [9.17, 15) is 12.8 Å². The van der Waals surface area contributed by atoms with Crippen molar-refractivity contribution >= 4 is 19.7 Å². The van der Waals surface area contributed by atoms with Gasteiger partial charge < -0.3 is 4.74 Å². The average Bonchev–Trinajstić information content (AvgIpc) is 2.01. The Hall–Kier alpha value is -0.880. The molecule has 0 aliphatic carbocycles. The minimum absolute atomic E-state index is 0.213. The van der Waals surface area contributed by atoms with Crippen molar-refractivity contribution in [2.45, 2.75) is 5.03 Å². The first kappa shape index (κ1) is 10.2. The van der Waals surface area contributed by atoms with Gasteiger partial charge in [0.05, 0.1) is 13.3 Å². The van der Waals surface area contributed by atoms with E-state index in [-0.39, 0.29) is 5.75 Å². The fraction of sp³-hybridized carbons (Fsp3) is 0.167. The Morgan fingerprint density at radius 3 is 2.69 bits per heavy atom. The fourth-order valence-electron chi connectivity index (χ4n) is 0.737. The summed E-state index contributed by atoms with van der Waals surface area (Å²) in [6.45, 7) is 0. The molecule has 0 aliphatic rings. The summed E-state index contributed by atoms with van der Waals surface area (Å²) in [5.41, 5.74) is 0. The highest BCUT2D eigenvalue weighted by molar-refractivity contribution is 8.13. The van der Waals surface area contributed by atoms with Crippen molar-refractivity contribution in [2.24, 2.45) is 0 Å². The van der Waals surface area contributed by atoms with E-state index < -0.39 is 19.9 Å². The Morgan fingerprint density at radius 2 is 2.23 bits per heavy atom. The second-order valence-electron chi connectivity index (χ2n) is 2.10. The van der Waals surface area contributed by atoms with Crippen molar-refractivity contribution in [3.8, 4) is 5.75 Å².